The highest BCUT2D eigenvalue weighted by molar-refractivity contribution is 5.73. The van der Waals surface area contributed by atoms with Crippen LogP contribution in [0.2, 0.25) is 0 Å². The number of carboxylic acids is 1. The molecule has 2 heteroatoms. The predicted octanol–water partition coefficient (Wildman–Crippen LogP) is 1.95. The number of carbonyl (C=O) groups is 1. The average molecular weight is 176 g/mol. The maximum atomic E-state index is 10.6. The van der Waals surface area contributed by atoms with Gasteiger partial charge in [0, 0.05) is 0 Å². The number of hydrogen-bond donors (Lipinski definition) is 1. The lowest BCUT2D eigenvalue weighted by Gasteiger charge is -1.97. The molecule has 0 amide bonds. The monoisotopic (exact) mass is 176 g/mol. The molecule has 2 atom stereocenters. The molecule has 1 aromatic carbocycles. The van der Waals surface area contributed by atoms with Crippen molar-refractivity contribution in [1.82, 2.24) is 0 Å². The Morgan fingerprint density at radius 3 is 2.62 bits per heavy atom. The summed E-state index contributed by atoms with van der Waals surface area (Å²) >= 11 is 0. The molecule has 1 fully saturated rings. The van der Waals surface area contributed by atoms with Crippen LogP contribution < -0.4 is 0 Å². The third-order valence-corrected chi connectivity index (χ3v) is 2.58. The van der Waals surface area contributed by atoms with E-state index >= 15 is 0 Å². The molecule has 68 valence electrons. The van der Waals surface area contributed by atoms with Crippen molar-refractivity contribution in [2.24, 2.45) is 11.8 Å². The highest BCUT2D eigenvalue weighted by atomic mass is 16.4. The van der Waals surface area contributed by atoms with Gasteiger partial charge in [0.25, 0.3) is 0 Å². The normalized spacial score (nSPS) is 25.5. The maximum absolute atomic E-state index is 10.6. The quantitative estimate of drug-likeness (QED) is 0.764. The predicted molar refractivity (Wildman–Crippen MR) is 49.4 cm³/mol. The van der Waals surface area contributed by atoms with Crippen LogP contribution in [0.4, 0.5) is 0 Å². The molecule has 0 saturated heterocycles. The van der Waals surface area contributed by atoms with E-state index in [-0.39, 0.29) is 5.92 Å². The molecule has 0 spiro atoms. The largest absolute Gasteiger partial charge is 0.481 e. The Labute approximate surface area is 77.2 Å². The lowest BCUT2D eigenvalue weighted by Crippen LogP contribution is -2.00. The first-order valence-corrected chi connectivity index (χ1v) is 4.54. The number of rotatable bonds is 3. The summed E-state index contributed by atoms with van der Waals surface area (Å²) in [6.07, 6.45) is 1.77. The summed E-state index contributed by atoms with van der Waals surface area (Å²) in [6.45, 7) is 0. The van der Waals surface area contributed by atoms with E-state index < -0.39 is 5.97 Å². The highest BCUT2D eigenvalue weighted by Gasteiger charge is 2.42. The van der Waals surface area contributed by atoms with Crippen LogP contribution in [0.15, 0.2) is 30.3 Å². The first-order chi connectivity index (χ1) is 6.27. The minimum Gasteiger partial charge on any atom is -0.481 e. The lowest BCUT2D eigenvalue weighted by atomic mass is 10.1. The van der Waals surface area contributed by atoms with Crippen molar-refractivity contribution in [3.8, 4) is 0 Å². The number of aliphatic carboxylic acids is 1. The second kappa shape index (κ2) is 3.21. The van der Waals surface area contributed by atoms with Gasteiger partial charge in [0.1, 0.15) is 0 Å². The van der Waals surface area contributed by atoms with Gasteiger partial charge in [-0.1, -0.05) is 30.3 Å². The van der Waals surface area contributed by atoms with Gasteiger partial charge in [-0.05, 0) is 24.3 Å². The summed E-state index contributed by atoms with van der Waals surface area (Å²) in [5.41, 5.74) is 1.25. The van der Waals surface area contributed by atoms with Crippen LogP contribution in [0.5, 0.6) is 0 Å². The molecule has 0 heterocycles. The van der Waals surface area contributed by atoms with Crippen LogP contribution >= 0.6 is 0 Å². The van der Waals surface area contributed by atoms with Crippen LogP contribution in [-0.2, 0) is 11.2 Å². The summed E-state index contributed by atoms with van der Waals surface area (Å²) < 4.78 is 0. The minimum absolute atomic E-state index is 0.0831. The van der Waals surface area contributed by atoms with Gasteiger partial charge in [-0.15, -0.1) is 0 Å². The smallest absolute Gasteiger partial charge is 0.306 e. The zero-order valence-electron chi connectivity index (χ0n) is 7.31. The standard InChI is InChI=1S/C11H12O2/c12-11(13)10-7-9(10)6-8-4-2-1-3-5-8/h1-5,9-10H,6-7H2,(H,12,13)/t9?,10-/m0/s1. The Kier molecular flexibility index (Phi) is 2.05. The molecule has 1 aromatic rings. The van der Waals surface area contributed by atoms with Crippen molar-refractivity contribution in [3.05, 3.63) is 35.9 Å². The summed E-state index contributed by atoms with van der Waals surface area (Å²) in [5, 5.41) is 8.70. The minimum atomic E-state index is -0.638. The molecule has 0 radical (unpaired) electrons. The van der Waals surface area contributed by atoms with Crippen molar-refractivity contribution in [3.63, 3.8) is 0 Å². The number of carboxylic acid groups (broad SMARTS) is 1. The van der Waals surface area contributed by atoms with E-state index in [0.29, 0.717) is 5.92 Å². The third-order valence-electron chi connectivity index (χ3n) is 2.58. The SMILES string of the molecule is O=C(O)[C@H]1CC1Cc1ccccc1. The Bertz CT molecular complexity index is 305. The van der Waals surface area contributed by atoms with Crippen molar-refractivity contribution in [1.29, 1.82) is 0 Å². The van der Waals surface area contributed by atoms with E-state index in [1.807, 2.05) is 18.2 Å². The molecule has 0 bridgehead atoms. The maximum Gasteiger partial charge on any atom is 0.306 e. The molecule has 1 aliphatic carbocycles. The zero-order chi connectivity index (χ0) is 9.26. The molecule has 2 nitrogen and oxygen atoms in total. The molecule has 1 N–H and O–H groups in total. The molecule has 0 aliphatic heterocycles. The first-order valence-electron chi connectivity index (χ1n) is 4.54. The zero-order valence-corrected chi connectivity index (χ0v) is 7.31. The van der Waals surface area contributed by atoms with Crippen LogP contribution in [-0.4, -0.2) is 11.1 Å². The second-order valence-electron chi connectivity index (χ2n) is 3.63. The highest BCUT2D eigenvalue weighted by Crippen LogP contribution is 2.40. The van der Waals surface area contributed by atoms with Crippen molar-refractivity contribution in [2.45, 2.75) is 12.8 Å². The molecule has 1 unspecified atom stereocenters. The molecule has 0 aromatic heterocycles. The fraction of sp³-hybridized carbons (Fsp3) is 0.364. The van der Waals surface area contributed by atoms with Gasteiger partial charge in [-0.2, -0.15) is 0 Å². The number of hydrogen-bond acceptors (Lipinski definition) is 1. The summed E-state index contributed by atoms with van der Waals surface area (Å²) in [7, 11) is 0. The van der Waals surface area contributed by atoms with E-state index in [2.05, 4.69) is 12.1 Å². The molecule has 13 heavy (non-hydrogen) atoms. The molecule has 1 aliphatic rings. The summed E-state index contributed by atoms with van der Waals surface area (Å²) in [4.78, 5) is 10.6. The molecule has 1 saturated carbocycles. The first kappa shape index (κ1) is 8.30. The van der Waals surface area contributed by atoms with Gasteiger partial charge in [0.05, 0.1) is 5.92 Å². The van der Waals surface area contributed by atoms with Gasteiger partial charge in [-0.25, -0.2) is 0 Å². The Balaban J connectivity index is 1.92. The van der Waals surface area contributed by atoms with E-state index in [9.17, 15) is 4.79 Å². The van der Waals surface area contributed by atoms with Crippen molar-refractivity contribution in [2.75, 3.05) is 0 Å². The fourth-order valence-corrected chi connectivity index (χ4v) is 1.69. The molecule has 2 rings (SSSR count). The van der Waals surface area contributed by atoms with Gasteiger partial charge in [-0.3, -0.25) is 4.79 Å². The molecular formula is C11H12O2. The molecular weight excluding hydrogens is 164 g/mol. The Morgan fingerprint density at radius 1 is 1.38 bits per heavy atom. The van der Waals surface area contributed by atoms with Crippen molar-refractivity contribution >= 4 is 5.97 Å². The van der Waals surface area contributed by atoms with E-state index in [4.69, 9.17) is 5.11 Å². The third kappa shape index (κ3) is 1.89. The fourth-order valence-electron chi connectivity index (χ4n) is 1.69. The van der Waals surface area contributed by atoms with Crippen LogP contribution in [0, 0.1) is 11.8 Å². The van der Waals surface area contributed by atoms with Gasteiger partial charge in [0.15, 0.2) is 0 Å². The topological polar surface area (TPSA) is 37.3 Å². The summed E-state index contributed by atoms with van der Waals surface area (Å²) in [6, 6.07) is 10.1. The number of benzene rings is 1. The summed E-state index contributed by atoms with van der Waals surface area (Å²) in [5.74, 6) is -0.346. The Hall–Kier alpha value is -1.31. The average Bonchev–Trinajstić information content (AvgIpc) is 2.86. The van der Waals surface area contributed by atoms with E-state index in [0.717, 1.165) is 12.8 Å². The van der Waals surface area contributed by atoms with Gasteiger partial charge < -0.3 is 5.11 Å². The van der Waals surface area contributed by atoms with Crippen LogP contribution in [0.3, 0.4) is 0 Å². The second-order valence-corrected chi connectivity index (χ2v) is 3.63. The Morgan fingerprint density at radius 2 is 2.08 bits per heavy atom. The van der Waals surface area contributed by atoms with Crippen LogP contribution in [0.1, 0.15) is 12.0 Å². The van der Waals surface area contributed by atoms with Crippen molar-refractivity contribution < 1.29 is 9.90 Å². The van der Waals surface area contributed by atoms with Crippen LogP contribution in [0.25, 0.3) is 0 Å². The van der Waals surface area contributed by atoms with E-state index in [1.54, 1.807) is 0 Å². The van der Waals surface area contributed by atoms with Gasteiger partial charge >= 0.3 is 5.97 Å². The van der Waals surface area contributed by atoms with E-state index in [1.165, 1.54) is 5.56 Å². The lowest BCUT2D eigenvalue weighted by molar-refractivity contribution is -0.138. The van der Waals surface area contributed by atoms with Gasteiger partial charge in [0.2, 0.25) is 0 Å².